The number of hydrogen-bond acceptors (Lipinski definition) is 0. The molecule has 0 saturated heterocycles. The Morgan fingerprint density at radius 3 is 0.800 bits per heavy atom. The van der Waals surface area contributed by atoms with Gasteiger partial charge in [0.2, 0.25) is 0 Å². The smallest absolute Gasteiger partial charge is 0.0149 e. The van der Waals surface area contributed by atoms with Gasteiger partial charge in [-0.15, -0.1) is 0 Å². The van der Waals surface area contributed by atoms with Crippen LogP contribution in [0.3, 0.4) is 0 Å². The minimum Gasteiger partial charge on any atom is -0.0149 e. The molecule has 26 valence electrons. The van der Waals surface area contributed by atoms with Crippen molar-refractivity contribution in [3.63, 3.8) is 0 Å². The molecule has 0 aromatic heterocycles. The van der Waals surface area contributed by atoms with Gasteiger partial charge in [0.1, 0.15) is 0 Å². The Morgan fingerprint density at radius 1 is 0.800 bits per heavy atom. The zero-order valence-electron chi connectivity index (χ0n) is 0.707. The maximum Gasteiger partial charge on any atom is 0.316 e. The first-order valence-electron chi connectivity index (χ1n) is 0. The van der Waals surface area contributed by atoms with Crippen LogP contribution in [0.2, 0.25) is 0 Å². The number of rotatable bonds is 0. The second-order valence-electron chi connectivity index (χ2n) is 0. The van der Waals surface area contributed by atoms with E-state index in [1.54, 1.807) is 0 Å². The molecule has 0 saturated carbocycles. The summed E-state index contributed by atoms with van der Waals surface area (Å²) in [6.07, 6.45) is 0. The van der Waals surface area contributed by atoms with Crippen molar-refractivity contribution in [1.82, 2.24) is 0 Å². The summed E-state index contributed by atoms with van der Waals surface area (Å²) in [4.78, 5) is 0. The first-order chi connectivity index (χ1) is 0. The normalized spacial score (nSPS) is 0. The van der Waals surface area contributed by atoms with Crippen molar-refractivity contribution in [2.75, 3.05) is 0 Å². The van der Waals surface area contributed by atoms with Gasteiger partial charge in [-0.1, -0.05) is 0 Å². The minimum absolute atomic E-state index is 0. The maximum absolute atomic E-state index is 0. The Labute approximate surface area is 87.0 Å². The van der Waals surface area contributed by atoms with Crippen molar-refractivity contribution in [2.45, 2.75) is 0 Å². The summed E-state index contributed by atoms with van der Waals surface area (Å²) in [5, 5.41) is 0. The molecule has 0 rings (SSSR count). The van der Waals surface area contributed by atoms with E-state index in [2.05, 4.69) is 0 Å². The minimum atomic E-state index is 0. The van der Waals surface area contributed by atoms with Crippen LogP contribution in [-0.2, 0) is 19.5 Å². The van der Waals surface area contributed by atoms with E-state index >= 15 is 0 Å². The third kappa shape index (κ3) is 20.4. The molecule has 0 atom stereocenters. The van der Waals surface area contributed by atoms with Crippen molar-refractivity contribution in [2.24, 2.45) is 0 Å². The standard InChI is InChI=1S/2Al.Mg.H4Si.Zn.8H/h;;;1H4;;;;;;;;;. The first-order valence-corrected chi connectivity index (χ1v) is 0. The van der Waals surface area contributed by atoms with Crippen molar-refractivity contribution >= 4 is 68.7 Å². The molecular formula is H12Al2MgSiZn. The molecule has 0 aromatic rings. The van der Waals surface area contributed by atoms with Crippen molar-refractivity contribution in [1.29, 1.82) is 0 Å². The van der Waals surface area contributed by atoms with Crippen LogP contribution in [-0.4, -0.2) is 68.7 Å². The molecule has 0 bridgehead atoms. The van der Waals surface area contributed by atoms with Gasteiger partial charge in [0.15, 0.2) is 34.7 Å². The summed E-state index contributed by atoms with van der Waals surface area (Å²) in [6, 6.07) is 0. The zero-order chi connectivity index (χ0) is 0. The Balaban J connectivity index is 0. The van der Waals surface area contributed by atoms with E-state index in [1.807, 2.05) is 0 Å². The fourth-order valence-corrected chi connectivity index (χ4v) is 0. The average molecular weight is 184 g/mol. The summed E-state index contributed by atoms with van der Waals surface area (Å²) >= 11 is 0. The van der Waals surface area contributed by atoms with E-state index < -0.39 is 0 Å². The maximum atomic E-state index is 0. The molecule has 0 radical (unpaired) electrons. The molecule has 0 aliphatic carbocycles. The van der Waals surface area contributed by atoms with Crippen LogP contribution < -0.4 is 0 Å². The zero-order valence-corrected chi connectivity index (χ0v) is 3.67. The fourth-order valence-electron chi connectivity index (χ4n) is 0. The van der Waals surface area contributed by atoms with E-state index in [1.165, 1.54) is 0 Å². The SMILES string of the molecule is [AlH3].[AlH3].[MgH2].[SiH4].[Zn]. The third-order valence-corrected chi connectivity index (χ3v) is 0. The van der Waals surface area contributed by atoms with Gasteiger partial charge in [-0.3, -0.25) is 0 Å². The Hall–Kier alpha value is 2.67. The van der Waals surface area contributed by atoms with E-state index in [0.29, 0.717) is 0 Å². The summed E-state index contributed by atoms with van der Waals surface area (Å²) in [5.41, 5.74) is 0. The van der Waals surface area contributed by atoms with Gasteiger partial charge in [0.05, 0.1) is 0 Å². The Morgan fingerprint density at radius 2 is 0.800 bits per heavy atom. The Kier molecular flexibility index (Phi) is 288. The largest absolute Gasteiger partial charge is 0.316 e. The third-order valence-electron chi connectivity index (χ3n) is 0. The monoisotopic (exact) mass is 182 g/mol. The second-order valence-corrected chi connectivity index (χ2v) is 0. The van der Waals surface area contributed by atoms with Gasteiger partial charge in [-0.2, -0.15) is 0 Å². The molecule has 5 heavy (non-hydrogen) atoms. The van der Waals surface area contributed by atoms with Crippen LogP contribution in [0.4, 0.5) is 0 Å². The van der Waals surface area contributed by atoms with E-state index in [0.717, 1.165) is 0 Å². The van der Waals surface area contributed by atoms with Crippen molar-refractivity contribution < 1.29 is 19.5 Å². The molecule has 0 heterocycles. The van der Waals surface area contributed by atoms with Crippen LogP contribution in [0.5, 0.6) is 0 Å². The van der Waals surface area contributed by atoms with Gasteiger partial charge in [0, 0.05) is 19.5 Å². The fraction of sp³-hybridized carbons (Fsp3) is 0. The van der Waals surface area contributed by atoms with Gasteiger partial charge in [-0.25, -0.2) is 0 Å². The van der Waals surface area contributed by atoms with Gasteiger partial charge < -0.3 is 0 Å². The molecule has 0 amide bonds. The predicted molar refractivity (Wildman–Crippen MR) is 39.8 cm³/mol. The van der Waals surface area contributed by atoms with Gasteiger partial charge >= 0.3 is 23.1 Å². The van der Waals surface area contributed by atoms with E-state index in [-0.39, 0.29) is 88.2 Å². The van der Waals surface area contributed by atoms with Crippen LogP contribution in [0, 0.1) is 0 Å². The van der Waals surface area contributed by atoms with E-state index in [9.17, 15) is 0 Å². The van der Waals surface area contributed by atoms with Crippen molar-refractivity contribution in [3.8, 4) is 0 Å². The molecule has 0 N–H and O–H groups in total. The van der Waals surface area contributed by atoms with E-state index in [4.69, 9.17) is 0 Å². The molecule has 0 spiro atoms. The molecule has 0 aromatic carbocycles. The number of hydrogen-bond donors (Lipinski definition) is 0. The molecule has 0 aliphatic rings. The summed E-state index contributed by atoms with van der Waals surface area (Å²) in [7, 11) is 0. The van der Waals surface area contributed by atoms with Crippen LogP contribution in [0.25, 0.3) is 0 Å². The molecule has 0 unspecified atom stereocenters. The first kappa shape index (κ1) is 47.8. The molecule has 0 aliphatic heterocycles. The predicted octanol–water partition coefficient (Wildman–Crippen LogP) is -4.74. The molecule has 0 nitrogen and oxygen atoms in total. The van der Waals surface area contributed by atoms with Gasteiger partial charge in [0.25, 0.3) is 0 Å². The van der Waals surface area contributed by atoms with Crippen molar-refractivity contribution in [3.05, 3.63) is 0 Å². The summed E-state index contributed by atoms with van der Waals surface area (Å²) < 4.78 is 0. The average Bonchev–Trinajstić information content (AvgIpc) is 0. The molecular weight excluding hydrogens is 172 g/mol. The van der Waals surface area contributed by atoms with Gasteiger partial charge in [-0.05, 0) is 11.0 Å². The second kappa shape index (κ2) is 30.1. The van der Waals surface area contributed by atoms with Crippen LogP contribution >= 0.6 is 0 Å². The summed E-state index contributed by atoms with van der Waals surface area (Å²) in [5.74, 6) is 0. The molecule has 5 heteroatoms. The van der Waals surface area contributed by atoms with Crippen LogP contribution in [0.15, 0.2) is 0 Å². The quantitative estimate of drug-likeness (QED) is 0.331. The Bertz CT molecular complexity index is 9.61. The van der Waals surface area contributed by atoms with Crippen LogP contribution in [0.1, 0.15) is 0 Å². The summed E-state index contributed by atoms with van der Waals surface area (Å²) in [6.45, 7) is 0. The topological polar surface area (TPSA) is 0 Å². The molecule has 0 fully saturated rings.